The van der Waals surface area contributed by atoms with Crippen molar-refractivity contribution in [2.45, 2.75) is 26.8 Å². The minimum absolute atomic E-state index is 0.0122. The van der Waals surface area contributed by atoms with Gasteiger partial charge in [0.05, 0.1) is 9.58 Å². The van der Waals surface area contributed by atoms with Crippen LogP contribution in [0.25, 0.3) is 9.53 Å². The van der Waals surface area contributed by atoms with E-state index in [2.05, 4.69) is 29.0 Å². The van der Waals surface area contributed by atoms with Gasteiger partial charge in [-0.2, -0.15) is 0 Å². The second-order valence-electron chi connectivity index (χ2n) is 4.56. The molecule has 2 rings (SSSR count). The first-order valence-corrected chi connectivity index (χ1v) is 8.38. The molecule has 0 saturated heterocycles. The molecule has 0 radical (unpaired) electrons. The average Bonchev–Trinajstić information content (AvgIpc) is 2.98. The molecular formula is C13H20N4OS2. The zero-order valence-electron chi connectivity index (χ0n) is 12.0. The van der Waals surface area contributed by atoms with E-state index in [1.165, 1.54) is 11.3 Å². The minimum Gasteiger partial charge on any atom is -0.349 e. The molecule has 0 fully saturated rings. The number of nitrogens with two attached hydrogens (primary N) is 1. The maximum atomic E-state index is 12.0. The smallest absolute Gasteiger partial charge is 0.261 e. The van der Waals surface area contributed by atoms with E-state index in [1.807, 2.05) is 13.0 Å². The van der Waals surface area contributed by atoms with E-state index in [0.29, 0.717) is 11.4 Å². The van der Waals surface area contributed by atoms with Crippen molar-refractivity contribution < 1.29 is 4.79 Å². The summed E-state index contributed by atoms with van der Waals surface area (Å²) in [6.45, 7) is 8.45. The number of carbonyl (C=O) groups is 1. The average molecular weight is 312 g/mol. The number of aromatic nitrogens is 1. The van der Waals surface area contributed by atoms with E-state index >= 15 is 0 Å². The van der Waals surface area contributed by atoms with Crippen LogP contribution in [0.3, 0.4) is 0 Å². The minimum atomic E-state index is -0.0671. The number of hydrogen-bond acceptors (Lipinski definition) is 6. The summed E-state index contributed by atoms with van der Waals surface area (Å²) in [5.41, 5.74) is 5.51. The van der Waals surface area contributed by atoms with Crippen LogP contribution in [0.1, 0.15) is 30.4 Å². The zero-order chi connectivity index (χ0) is 14.7. The van der Waals surface area contributed by atoms with Crippen LogP contribution >= 0.6 is 22.7 Å². The van der Waals surface area contributed by atoms with E-state index in [4.69, 9.17) is 5.73 Å². The quantitative estimate of drug-likeness (QED) is 0.858. The van der Waals surface area contributed by atoms with E-state index in [0.717, 1.165) is 27.8 Å². The predicted octanol–water partition coefficient (Wildman–Crippen LogP) is 2.28. The normalized spacial score (nSPS) is 12.6. The van der Waals surface area contributed by atoms with E-state index in [-0.39, 0.29) is 11.9 Å². The number of rotatable bonds is 6. The number of hydrogen-bond donors (Lipinski definition) is 2. The number of fused-ring (bicyclic) bond motifs is 1. The van der Waals surface area contributed by atoms with Gasteiger partial charge in [0.1, 0.15) is 4.83 Å². The van der Waals surface area contributed by atoms with Crippen molar-refractivity contribution in [2.24, 2.45) is 5.73 Å². The van der Waals surface area contributed by atoms with E-state index in [1.54, 1.807) is 11.3 Å². The molecule has 7 heteroatoms. The molecule has 1 amide bonds. The van der Waals surface area contributed by atoms with Gasteiger partial charge in [-0.3, -0.25) is 4.79 Å². The third-order valence-corrected chi connectivity index (χ3v) is 5.29. The fourth-order valence-electron chi connectivity index (χ4n) is 1.82. The second kappa shape index (κ2) is 6.51. The van der Waals surface area contributed by atoms with Crippen LogP contribution in [-0.4, -0.2) is 36.6 Å². The molecule has 0 bridgehead atoms. The van der Waals surface area contributed by atoms with Crippen LogP contribution in [0, 0.1) is 0 Å². The van der Waals surface area contributed by atoms with Crippen LogP contribution in [0.4, 0.5) is 5.13 Å². The SMILES string of the molecule is CCN(CC)c1nc2sc(C(=O)N[C@@H](C)CN)cc2s1. The molecule has 0 saturated carbocycles. The molecule has 20 heavy (non-hydrogen) atoms. The third kappa shape index (κ3) is 3.11. The molecule has 0 aromatic carbocycles. The Balaban J connectivity index is 2.19. The standard InChI is InChI=1S/C13H20N4OS2/c1-4-17(5-2)13-16-12-10(20-13)6-9(19-12)11(18)15-8(3)7-14/h6,8H,4-5,7,14H2,1-3H3,(H,15,18)/t8-/m0/s1. The van der Waals surface area contributed by atoms with Crippen molar-refractivity contribution in [1.82, 2.24) is 10.3 Å². The van der Waals surface area contributed by atoms with Crippen LogP contribution in [0.15, 0.2) is 6.07 Å². The Kier molecular flexibility index (Phi) is 4.95. The van der Waals surface area contributed by atoms with Gasteiger partial charge < -0.3 is 16.0 Å². The molecule has 0 aliphatic carbocycles. The van der Waals surface area contributed by atoms with Crippen molar-refractivity contribution in [3.8, 4) is 0 Å². The first kappa shape index (κ1) is 15.2. The Morgan fingerprint density at radius 3 is 2.70 bits per heavy atom. The molecule has 2 aromatic rings. The molecular weight excluding hydrogens is 292 g/mol. The lowest BCUT2D eigenvalue weighted by atomic mass is 10.3. The number of amides is 1. The molecule has 2 heterocycles. The number of thiazole rings is 1. The van der Waals surface area contributed by atoms with Gasteiger partial charge in [0, 0.05) is 25.7 Å². The molecule has 3 N–H and O–H groups in total. The van der Waals surface area contributed by atoms with Crippen molar-refractivity contribution >= 4 is 43.2 Å². The fraction of sp³-hybridized carbons (Fsp3) is 0.538. The Morgan fingerprint density at radius 1 is 1.45 bits per heavy atom. The van der Waals surface area contributed by atoms with Gasteiger partial charge in [-0.1, -0.05) is 11.3 Å². The number of thiophene rings is 1. The Labute approximate surface area is 126 Å². The van der Waals surface area contributed by atoms with Crippen molar-refractivity contribution in [2.75, 3.05) is 24.5 Å². The highest BCUT2D eigenvalue weighted by Gasteiger charge is 2.16. The number of carbonyl (C=O) groups excluding carboxylic acids is 1. The number of nitrogens with one attached hydrogen (secondary N) is 1. The first-order chi connectivity index (χ1) is 9.58. The molecule has 0 aliphatic rings. The highest BCUT2D eigenvalue weighted by Crippen LogP contribution is 2.34. The summed E-state index contributed by atoms with van der Waals surface area (Å²) in [6, 6.07) is 1.91. The van der Waals surface area contributed by atoms with Crippen molar-refractivity contribution in [1.29, 1.82) is 0 Å². The fourth-order valence-corrected chi connectivity index (χ4v) is 4.06. The Bertz CT molecular complexity index is 557. The Morgan fingerprint density at radius 2 is 2.15 bits per heavy atom. The molecule has 0 spiro atoms. The number of nitrogens with zero attached hydrogens (tertiary/aromatic N) is 2. The van der Waals surface area contributed by atoms with Crippen molar-refractivity contribution in [3.05, 3.63) is 10.9 Å². The molecule has 110 valence electrons. The second-order valence-corrected chi connectivity index (χ2v) is 6.60. The molecule has 2 aromatic heterocycles. The third-order valence-electron chi connectivity index (χ3n) is 3.07. The predicted molar refractivity (Wildman–Crippen MR) is 87.0 cm³/mol. The number of anilines is 1. The maximum absolute atomic E-state index is 12.0. The van der Waals surface area contributed by atoms with E-state index < -0.39 is 0 Å². The van der Waals surface area contributed by atoms with Crippen LogP contribution < -0.4 is 16.0 Å². The van der Waals surface area contributed by atoms with Gasteiger partial charge in [-0.25, -0.2) is 4.98 Å². The Hall–Kier alpha value is -1.18. The molecule has 0 aliphatic heterocycles. The zero-order valence-corrected chi connectivity index (χ0v) is 13.6. The summed E-state index contributed by atoms with van der Waals surface area (Å²) in [6.07, 6.45) is 0. The van der Waals surface area contributed by atoms with Gasteiger partial charge >= 0.3 is 0 Å². The molecule has 0 unspecified atom stereocenters. The summed E-state index contributed by atoms with van der Waals surface area (Å²) in [7, 11) is 0. The van der Waals surface area contributed by atoms with Gasteiger partial charge in [0.25, 0.3) is 5.91 Å². The van der Waals surface area contributed by atoms with Crippen LogP contribution in [0.2, 0.25) is 0 Å². The van der Waals surface area contributed by atoms with Gasteiger partial charge in [0.2, 0.25) is 0 Å². The molecule has 5 nitrogen and oxygen atoms in total. The summed E-state index contributed by atoms with van der Waals surface area (Å²) in [4.78, 5) is 20.5. The van der Waals surface area contributed by atoms with E-state index in [9.17, 15) is 4.79 Å². The summed E-state index contributed by atoms with van der Waals surface area (Å²) >= 11 is 3.07. The highest BCUT2D eigenvalue weighted by molar-refractivity contribution is 7.29. The van der Waals surface area contributed by atoms with Gasteiger partial charge in [-0.15, -0.1) is 11.3 Å². The summed E-state index contributed by atoms with van der Waals surface area (Å²) in [5.74, 6) is -0.0671. The topological polar surface area (TPSA) is 71.2 Å². The van der Waals surface area contributed by atoms with Gasteiger partial charge in [0.15, 0.2) is 5.13 Å². The lowest BCUT2D eigenvalue weighted by Crippen LogP contribution is -2.37. The van der Waals surface area contributed by atoms with Gasteiger partial charge in [-0.05, 0) is 26.8 Å². The lowest BCUT2D eigenvalue weighted by molar-refractivity contribution is 0.0945. The summed E-state index contributed by atoms with van der Waals surface area (Å²) < 4.78 is 1.07. The monoisotopic (exact) mass is 312 g/mol. The van der Waals surface area contributed by atoms with Crippen molar-refractivity contribution in [3.63, 3.8) is 0 Å². The van der Waals surface area contributed by atoms with Crippen LogP contribution in [-0.2, 0) is 0 Å². The first-order valence-electron chi connectivity index (χ1n) is 6.75. The van der Waals surface area contributed by atoms with Crippen LogP contribution in [0.5, 0.6) is 0 Å². The summed E-state index contributed by atoms with van der Waals surface area (Å²) in [5, 5.41) is 3.90. The largest absolute Gasteiger partial charge is 0.349 e. The lowest BCUT2D eigenvalue weighted by Gasteiger charge is -2.16. The maximum Gasteiger partial charge on any atom is 0.261 e. The highest BCUT2D eigenvalue weighted by atomic mass is 32.1. The molecule has 1 atom stereocenters.